The van der Waals surface area contributed by atoms with Crippen LogP contribution in [0.25, 0.3) is 22.5 Å². The zero-order valence-corrected chi connectivity index (χ0v) is 29.1. The van der Waals surface area contributed by atoms with Gasteiger partial charge in [-0.1, -0.05) is 24.6 Å². The fourth-order valence-corrected chi connectivity index (χ4v) is 6.25. The quantitative estimate of drug-likeness (QED) is 0.119. The van der Waals surface area contributed by atoms with Crippen LogP contribution in [0, 0.1) is 0 Å². The number of fused-ring (bicyclic) bond motifs is 3. The van der Waals surface area contributed by atoms with E-state index in [-0.39, 0.29) is 23.3 Å². The summed E-state index contributed by atoms with van der Waals surface area (Å²) < 4.78 is 22.2. The number of anilines is 2. The minimum atomic E-state index is -0.381. The standard InChI is InChI=1S/C37H44N6O7/c1-22(44)39-28-15-13-23-19-31(48-3)35(49-4)36(50-5)34(23)26-14-16-29(30(45)20-27(26)28)38-17-8-6-7-12-33(46)40-25-11-9-10-24(18-25)37-41-32(21-47-2)42-43-37/h9-11,14,16,18-20,28H,6-8,12-13,15,17,21H2,1-5H3,(H,38,45)(H,39,44)(H,40,46)(H,41,42,43)/t28-/m1/s1. The Morgan fingerprint density at radius 1 is 0.960 bits per heavy atom. The largest absolute Gasteiger partial charge is 0.493 e. The third-order valence-electron chi connectivity index (χ3n) is 8.53. The number of aromatic nitrogens is 3. The summed E-state index contributed by atoms with van der Waals surface area (Å²) in [4.78, 5) is 42.8. The van der Waals surface area contributed by atoms with Crippen molar-refractivity contribution < 1.29 is 28.5 Å². The predicted molar refractivity (Wildman–Crippen MR) is 191 cm³/mol. The number of hydrogen-bond donors (Lipinski definition) is 4. The number of carbonyl (C=O) groups is 2. The molecule has 0 saturated carbocycles. The first kappa shape index (κ1) is 35.9. The molecule has 1 atom stereocenters. The van der Waals surface area contributed by atoms with Gasteiger partial charge in [-0.3, -0.25) is 19.5 Å². The molecule has 264 valence electrons. The molecule has 3 aromatic carbocycles. The Balaban J connectivity index is 1.23. The summed E-state index contributed by atoms with van der Waals surface area (Å²) in [6.07, 6.45) is 3.81. The first-order valence-corrected chi connectivity index (χ1v) is 16.6. The zero-order chi connectivity index (χ0) is 35.6. The highest BCUT2D eigenvalue weighted by Crippen LogP contribution is 2.50. The minimum absolute atomic E-state index is 0.0812. The number of H-pyrrole nitrogens is 1. The van der Waals surface area contributed by atoms with Crippen LogP contribution in [0.15, 0.2) is 53.3 Å². The lowest BCUT2D eigenvalue weighted by Crippen LogP contribution is -2.26. The van der Waals surface area contributed by atoms with Gasteiger partial charge in [0.05, 0.1) is 33.1 Å². The van der Waals surface area contributed by atoms with Gasteiger partial charge < -0.3 is 34.9 Å². The number of unbranched alkanes of at least 4 members (excludes halogenated alkanes) is 2. The molecule has 0 unspecified atom stereocenters. The van der Waals surface area contributed by atoms with Gasteiger partial charge in [-0.05, 0) is 72.7 Å². The lowest BCUT2D eigenvalue weighted by Gasteiger charge is -2.19. The molecule has 0 radical (unpaired) electrons. The van der Waals surface area contributed by atoms with Gasteiger partial charge in [0, 0.05) is 43.8 Å². The van der Waals surface area contributed by atoms with Crippen molar-refractivity contribution in [1.82, 2.24) is 20.5 Å². The summed E-state index contributed by atoms with van der Waals surface area (Å²) in [5.41, 5.74) is 4.94. The molecule has 0 saturated heterocycles. The number of nitrogens with one attached hydrogen (secondary N) is 4. The van der Waals surface area contributed by atoms with Crippen molar-refractivity contribution in [3.63, 3.8) is 0 Å². The van der Waals surface area contributed by atoms with Crippen LogP contribution in [0.3, 0.4) is 0 Å². The molecule has 0 bridgehead atoms. The maximum Gasteiger partial charge on any atom is 0.224 e. The van der Waals surface area contributed by atoms with Crippen molar-refractivity contribution >= 4 is 23.2 Å². The number of hydrogen-bond acceptors (Lipinski definition) is 10. The Morgan fingerprint density at radius 2 is 1.78 bits per heavy atom. The summed E-state index contributed by atoms with van der Waals surface area (Å²) in [5.74, 6) is 2.39. The third kappa shape index (κ3) is 8.40. The van der Waals surface area contributed by atoms with E-state index >= 15 is 0 Å². The molecule has 50 heavy (non-hydrogen) atoms. The lowest BCUT2D eigenvalue weighted by atomic mass is 9.95. The van der Waals surface area contributed by atoms with Crippen LogP contribution in [0.1, 0.15) is 62.0 Å². The van der Waals surface area contributed by atoms with Gasteiger partial charge in [-0.2, -0.15) is 5.10 Å². The van der Waals surface area contributed by atoms with Crippen LogP contribution in [-0.2, 0) is 27.4 Å². The molecule has 2 amide bonds. The van der Waals surface area contributed by atoms with Gasteiger partial charge in [0.2, 0.25) is 23.0 Å². The molecular weight excluding hydrogens is 640 g/mol. The number of benzene rings is 2. The van der Waals surface area contributed by atoms with E-state index in [1.807, 2.05) is 36.4 Å². The van der Waals surface area contributed by atoms with E-state index < -0.39 is 0 Å². The second kappa shape index (κ2) is 16.8. The molecule has 1 heterocycles. The maximum absolute atomic E-state index is 13.5. The normalized spacial score (nSPS) is 13.3. The Bertz CT molecular complexity index is 1890. The van der Waals surface area contributed by atoms with Crippen LogP contribution < -0.4 is 35.6 Å². The number of carbonyl (C=O) groups excluding carboxylic acids is 2. The van der Waals surface area contributed by atoms with E-state index in [0.29, 0.717) is 84.7 Å². The van der Waals surface area contributed by atoms with E-state index in [0.717, 1.165) is 35.1 Å². The van der Waals surface area contributed by atoms with E-state index in [2.05, 4.69) is 31.1 Å². The van der Waals surface area contributed by atoms with Crippen molar-refractivity contribution in [2.24, 2.45) is 0 Å². The summed E-state index contributed by atoms with van der Waals surface area (Å²) in [6, 6.07) is 14.2. The third-order valence-corrected chi connectivity index (χ3v) is 8.53. The molecule has 13 nitrogen and oxygen atoms in total. The number of rotatable bonds is 15. The summed E-state index contributed by atoms with van der Waals surface area (Å²) >= 11 is 0. The molecule has 1 aliphatic rings. The number of ether oxygens (including phenoxy) is 4. The predicted octanol–water partition coefficient (Wildman–Crippen LogP) is 5.41. The van der Waals surface area contributed by atoms with Crippen molar-refractivity contribution in [2.45, 2.75) is 58.1 Å². The second-order valence-electron chi connectivity index (χ2n) is 12.0. The van der Waals surface area contributed by atoms with Gasteiger partial charge in [0.15, 0.2) is 23.1 Å². The topological polar surface area (TPSA) is 166 Å². The molecule has 0 fully saturated rings. The van der Waals surface area contributed by atoms with Crippen LogP contribution in [0.4, 0.5) is 11.4 Å². The SMILES string of the molecule is COCc1nc(-c2cccc(NC(=O)CCCCCNc3ccc4c(cc3=O)[C@H](NC(C)=O)CCc3cc(OC)c(OC)c(OC)c3-4)c2)n[nH]1. The Morgan fingerprint density at radius 3 is 2.52 bits per heavy atom. The molecule has 1 aromatic heterocycles. The van der Waals surface area contributed by atoms with Crippen LogP contribution >= 0.6 is 0 Å². The zero-order valence-electron chi connectivity index (χ0n) is 29.1. The summed E-state index contributed by atoms with van der Waals surface area (Å²) in [5, 5.41) is 16.3. The lowest BCUT2D eigenvalue weighted by molar-refractivity contribution is -0.119. The summed E-state index contributed by atoms with van der Waals surface area (Å²) in [6.45, 7) is 2.36. The molecule has 0 spiro atoms. The molecule has 13 heteroatoms. The van der Waals surface area contributed by atoms with Crippen molar-refractivity contribution in [2.75, 3.05) is 45.6 Å². The van der Waals surface area contributed by atoms with Gasteiger partial charge in [0.25, 0.3) is 0 Å². The van der Waals surface area contributed by atoms with Crippen LogP contribution in [0.2, 0.25) is 0 Å². The molecule has 1 aliphatic carbocycles. The highest BCUT2D eigenvalue weighted by atomic mass is 16.5. The highest BCUT2D eigenvalue weighted by Gasteiger charge is 2.29. The number of nitrogens with zero attached hydrogens (tertiary/aromatic N) is 2. The first-order valence-electron chi connectivity index (χ1n) is 16.6. The van der Waals surface area contributed by atoms with E-state index in [1.165, 1.54) is 6.92 Å². The average molecular weight is 685 g/mol. The van der Waals surface area contributed by atoms with Gasteiger partial charge in [-0.25, -0.2) is 4.98 Å². The van der Waals surface area contributed by atoms with E-state index in [4.69, 9.17) is 18.9 Å². The average Bonchev–Trinajstić information content (AvgIpc) is 3.45. The van der Waals surface area contributed by atoms with Crippen molar-refractivity contribution in [1.29, 1.82) is 0 Å². The number of aryl methyl sites for hydroxylation is 1. The molecule has 5 rings (SSSR count). The minimum Gasteiger partial charge on any atom is -0.493 e. The maximum atomic E-state index is 13.5. The van der Waals surface area contributed by atoms with Crippen LogP contribution in [-0.4, -0.2) is 62.0 Å². The summed E-state index contributed by atoms with van der Waals surface area (Å²) in [7, 11) is 6.29. The second-order valence-corrected chi connectivity index (χ2v) is 12.0. The Hall–Kier alpha value is -5.43. The van der Waals surface area contributed by atoms with E-state index in [9.17, 15) is 14.4 Å². The molecular formula is C37H44N6O7. The van der Waals surface area contributed by atoms with Gasteiger partial charge in [0.1, 0.15) is 6.61 Å². The van der Waals surface area contributed by atoms with Crippen molar-refractivity contribution in [3.8, 4) is 39.8 Å². The Labute approximate surface area is 291 Å². The molecule has 4 N–H and O–H groups in total. The van der Waals surface area contributed by atoms with Crippen molar-refractivity contribution in [3.05, 3.63) is 75.7 Å². The highest BCUT2D eigenvalue weighted by molar-refractivity contribution is 5.91. The number of aromatic amines is 1. The van der Waals surface area contributed by atoms with Crippen LogP contribution in [0.5, 0.6) is 17.2 Å². The fraction of sp³-hybridized carbons (Fsp3) is 0.378. The van der Waals surface area contributed by atoms with Gasteiger partial charge in [-0.15, -0.1) is 0 Å². The smallest absolute Gasteiger partial charge is 0.224 e. The molecule has 4 aromatic rings. The number of amides is 2. The Kier molecular flexibility index (Phi) is 12.0. The first-order chi connectivity index (χ1) is 24.3. The number of methoxy groups -OCH3 is 4. The monoisotopic (exact) mass is 684 g/mol. The fourth-order valence-electron chi connectivity index (χ4n) is 6.25. The van der Waals surface area contributed by atoms with E-state index in [1.54, 1.807) is 40.6 Å². The van der Waals surface area contributed by atoms with Gasteiger partial charge >= 0.3 is 0 Å². The molecule has 0 aliphatic heterocycles.